The van der Waals surface area contributed by atoms with Gasteiger partial charge in [0.05, 0.1) is 6.61 Å². The highest BCUT2D eigenvalue weighted by atomic mass is 19.4. The van der Waals surface area contributed by atoms with Crippen molar-refractivity contribution in [2.45, 2.75) is 38.8 Å². The molecule has 0 heterocycles. The molecule has 0 radical (unpaired) electrons. The maximum atomic E-state index is 12.0. The normalized spacial score (nSPS) is 11.4. The molecule has 0 unspecified atom stereocenters. The zero-order valence-corrected chi connectivity index (χ0v) is 11.1. The summed E-state index contributed by atoms with van der Waals surface area (Å²) in [4.78, 5) is 0. The van der Waals surface area contributed by atoms with Crippen LogP contribution in [0.1, 0.15) is 32.6 Å². The van der Waals surface area contributed by atoms with Crippen molar-refractivity contribution >= 4 is 5.69 Å². The summed E-state index contributed by atoms with van der Waals surface area (Å²) in [6.45, 7) is 1.77. The van der Waals surface area contributed by atoms with Gasteiger partial charge in [0.1, 0.15) is 12.3 Å². The molecule has 5 heteroatoms. The average Bonchev–Trinajstić information content (AvgIpc) is 2.37. The minimum absolute atomic E-state index is 0.440. The van der Waals surface area contributed by atoms with Gasteiger partial charge in [-0.3, -0.25) is 0 Å². The molecule has 1 aromatic carbocycles. The van der Waals surface area contributed by atoms with Crippen molar-refractivity contribution in [1.82, 2.24) is 0 Å². The maximum Gasteiger partial charge on any atom is 0.405 e. The van der Waals surface area contributed by atoms with Crippen LogP contribution in [0.25, 0.3) is 0 Å². The van der Waals surface area contributed by atoms with E-state index in [2.05, 4.69) is 12.2 Å². The number of nitrogens with one attached hydrogen (secondary N) is 1. The first-order valence-corrected chi connectivity index (χ1v) is 6.55. The van der Waals surface area contributed by atoms with Gasteiger partial charge in [0.15, 0.2) is 0 Å². The molecule has 0 aliphatic heterocycles. The van der Waals surface area contributed by atoms with E-state index < -0.39 is 12.7 Å². The third-order valence-electron chi connectivity index (χ3n) is 2.61. The van der Waals surface area contributed by atoms with Crippen LogP contribution in [0.5, 0.6) is 5.75 Å². The predicted molar refractivity (Wildman–Crippen MR) is 70.6 cm³/mol. The summed E-state index contributed by atoms with van der Waals surface area (Å²) >= 11 is 0. The molecule has 0 aromatic heterocycles. The minimum Gasteiger partial charge on any atom is -0.494 e. The fraction of sp³-hybridized carbons (Fsp3) is 0.571. The van der Waals surface area contributed by atoms with Crippen molar-refractivity contribution in [3.05, 3.63) is 24.3 Å². The monoisotopic (exact) mass is 275 g/mol. The number of halogens is 3. The third-order valence-corrected chi connectivity index (χ3v) is 2.61. The first kappa shape index (κ1) is 15.7. The minimum atomic E-state index is -4.20. The molecular formula is C14H20F3NO. The summed E-state index contributed by atoms with van der Waals surface area (Å²) in [5, 5.41) is 2.32. The number of hydrogen-bond acceptors (Lipinski definition) is 2. The van der Waals surface area contributed by atoms with Crippen LogP contribution in [-0.2, 0) is 0 Å². The molecule has 1 N–H and O–H groups in total. The van der Waals surface area contributed by atoms with E-state index in [4.69, 9.17) is 4.74 Å². The molecular weight excluding hydrogens is 255 g/mol. The third kappa shape index (κ3) is 7.59. The van der Waals surface area contributed by atoms with Crippen molar-refractivity contribution in [3.8, 4) is 5.75 Å². The van der Waals surface area contributed by atoms with Gasteiger partial charge in [-0.2, -0.15) is 13.2 Å². The molecule has 0 atom stereocenters. The highest BCUT2D eigenvalue weighted by Crippen LogP contribution is 2.19. The summed E-state index contributed by atoms with van der Waals surface area (Å²) in [5.74, 6) is 0.689. The van der Waals surface area contributed by atoms with Gasteiger partial charge in [-0.1, -0.05) is 26.2 Å². The van der Waals surface area contributed by atoms with Crippen LogP contribution in [0.2, 0.25) is 0 Å². The lowest BCUT2D eigenvalue weighted by atomic mass is 10.2. The number of hydrogen-bond donors (Lipinski definition) is 1. The van der Waals surface area contributed by atoms with Crippen LogP contribution < -0.4 is 10.1 Å². The highest BCUT2D eigenvalue weighted by Gasteiger charge is 2.26. The van der Waals surface area contributed by atoms with Gasteiger partial charge in [-0.25, -0.2) is 0 Å². The van der Waals surface area contributed by atoms with Gasteiger partial charge < -0.3 is 10.1 Å². The number of unbranched alkanes of at least 4 members (excludes halogenated alkanes) is 3. The smallest absolute Gasteiger partial charge is 0.405 e. The number of ether oxygens (including phenoxy) is 1. The zero-order chi connectivity index (χ0) is 14.1. The Bertz CT molecular complexity index is 349. The van der Waals surface area contributed by atoms with Gasteiger partial charge in [0, 0.05) is 5.69 Å². The predicted octanol–water partition coefficient (Wildman–Crippen LogP) is 4.62. The lowest BCUT2D eigenvalue weighted by molar-refractivity contribution is -0.115. The van der Waals surface area contributed by atoms with E-state index in [1.807, 2.05) is 0 Å². The van der Waals surface area contributed by atoms with Gasteiger partial charge in [-0.15, -0.1) is 0 Å². The Balaban J connectivity index is 2.27. The van der Waals surface area contributed by atoms with E-state index >= 15 is 0 Å². The Morgan fingerprint density at radius 1 is 1.05 bits per heavy atom. The van der Waals surface area contributed by atoms with Crippen LogP contribution in [0, 0.1) is 0 Å². The van der Waals surface area contributed by atoms with E-state index in [0.29, 0.717) is 18.0 Å². The van der Waals surface area contributed by atoms with E-state index in [-0.39, 0.29) is 0 Å². The molecule has 0 saturated carbocycles. The lowest BCUT2D eigenvalue weighted by Crippen LogP contribution is -2.21. The van der Waals surface area contributed by atoms with Crippen LogP contribution >= 0.6 is 0 Å². The Morgan fingerprint density at radius 3 is 2.32 bits per heavy atom. The second-order valence-electron chi connectivity index (χ2n) is 4.40. The molecule has 1 rings (SSSR count). The van der Waals surface area contributed by atoms with Crippen LogP contribution in [0.3, 0.4) is 0 Å². The molecule has 1 aromatic rings. The van der Waals surface area contributed by atoms with Crippen LogP contribution in [-0.4, -0.2) is 19.3 Å². The van der Waals surface area contributed by atoms with Crippen molar-refractivity contribution < 1.29 is 17.9 Å². The van der Waals surface area contributed by atoms with Gasteiger partial charge in [-0.05, 0) is 30.7 Å². The SMILES string of the molecule is CCCCCCOc1ccc(NCC(F)(F)F)cc1. The molecule has 0 aliphatic rings. The number of benzene rings is 1. The second-order valence-corrected chi connectivity index (χ2v) is 4.40. The summed E-state index contributed by atoms with van der Waals surface area (Å²) in [7, 11) is 0. The van der Waals surface area contributed by atoms with Crippen molar-refractivity contribution in [2.24, 2.45) is 0 Å². The molecule has 0 spiro atoms. The van der Waals surface area contributed by atoms with Gasteiger partial charge >= 0.3 is 6.18 Å². The first-order valence-electron chi connectivity index (χ1n) is 6.55. The Kier molecular flexibility index (Phi) is 6.53. The van der Waals surface area contributed by atoms with E-state index in [9.17, 15) is 13.2 Å². The summed E-state index contributed by atoms with van der Waals surface area (Å²) in [6.07, 6.45) is 0.321. The summed E-state index contributed by atoms with van der Waals surface area (Å²) < 4.78 is 41.5. The molecule has 19 heavy (non-hydrogen) atoms. The van der Waals surface area contributed by atoms with E-state index in [0.717, 1.165) is 12.8 Å². The van der Waals surface area contributed by atoms with E-state index in [1.54, 1.807) is 24.3 Å². The van der Waals surface area contributed by atoms with Gasteiger partial charge in [0.2, 0.25) is 0 Å². The Labute approximate surface area is 112 Å². The number of alkyl halides is 3. The van der Waals surface area contributed by atoms with Crippen LogP contribution in [0.15, 0.2) is 24.3 Å². The quantitative estimate of drug-likeness (QED) is 0.699. The van der Waals surface area contributed by atoms with Crippen molar-refractivity contribution in [1.29, 1.82) is 0 Å². The first-order chi connectivity index (χ1) is 9.01. The fourth-order valence-electron chi connectivity index (χ4n) is 1.59. The molecule has 108 valence electrons. The molecule has 0 bridgehead atoms. The van der Waals surface area contributed by atoms with Crippen molar-refractivity contribution in [3.63, 3.8) is 0 Å². The molecule has 0 aliphatic carbocycles. The Morgan fingerprint density at radius 2 is 1.74 bits per heavy atom. The standard InChI is InChI=1S/C14H20F3NO/c1-2-3-4-5-10-19-13-8-6-12(7-9-13)18-11-14(15,16)17/h6-9,18H,2-5,10-11H2,1H3. The van der Waals surface area contributed by atoms with Crippen molar-refractivity contribution in [2.75, 3.05) is 18.5 Å². The number of anilines is 1. The zero-order valence-electron chi connectivity index (χ0n) is 11.1. The molecule has 0 amide bonds. The summed E-state index contributed by atoms with van der Waals surface area (Å²) in [6, 6.07) is 6.54. The van der Waals surface area contributed by atoms with Gasteiger partial charge in [0.25, 0.3) is 0 Å². The van der Waals surface area contributed by atoms with E-state index in [1.165, 1.54) is 12.8 Å². The fourth-order valence-corrected chi connectivity index (χ4v) is 1.59. The second kappa shape index (κ2) is 7.92. The number of rotatable bonds is 8. The topological polar surface area (TPSA) is 21.3 Å². The molecule has 0 fully saturated rings. The largest absolute Gasteiger partial charge is 0.494 e. The molecule has 0 saturated heterocycles. The summed E-state index contributed by atoms with van der Waals surface area (Å²) in [5.41, 5.74) is 0.440. The highest BCUT2D eigenvalue weighted by molar-refractivity contribution is 5.46. The maximum absolute atomic E-state index is 12.0. The lowest BCUT2D eigenvalue weighted by Gasteiger charge is -2.10. The average molecular weight is 275 g/mol. The Hall–Kier alpha value is -1.39. The van der Waals surface area contributed by atoms with Crippen LogP contribution in [0.4, 0.5) is 18.9 Å². The molecule has 2 nitrogen and oxygen atoms in total.